The number of ketones is 2. The maximum Gasteiger partial charge on any atom is 0.355 e. The fraction of sp³-hybridized carbons (Fsp3) is 0.421. The van der Waals surface area contributed by atoms with Crippen LogP contribution in [0.3, 0.4) is 0 Å². The summed E-state index contributed by atoms with van der Waals surface area (Å²) in [6.07, 6.45) is 1.44. The van der Waals surface area contributed by atoms with Crippen molar-refractivity contribution >= 4 is 17.5 Å². The highest BCUT2D eigenvalue weighted by atomic mass is 16.5. The molecule has 0 aromatic carbocycles. The zero-order valence-electron chi connectivity index (χ0n) is 15.7. The molecule has 0 saturated heterocycles. The van der Waals surface area contributed by atoms with E-state index in [1.54, 1.807) is 13.2 Å². The molecule has 2 aromatic heterocycles. The summed E-state index contributed by atoms with van der Waals surface area (Å²) in [7, 11) is 1.63. The van der Waals surface area contributed by atoms with Gasteiger partial charge in [-0.2, -0.15) is 0 Å². The standard InChI is InChI=1S/C19H24N2O5/c1-11-6-16(13(3)21(11)12(2)9-25-5)18(23)10-26-19(24)17-7-15(8-20-17)14(4)22/h6-8,12,20H,9-10H2,1-5H3/t12-/m0/s1. The summed E-state index contributed by atoms with van der Waals surface area (Å²) >= 11 is 0. The number of carbonyl (C=O) groups is 3. The number of hydrogen-bond acceptors (Lipinski definition) is 5. The number of esters is 1. The third kappa shape index (κ3) is 4.11. The van der Waals surface area contributed by atoms with Crippen LogP contribution in [-0.4, -0.2) is 47.4 Å². The SMILES string of the molecule is COC[C@H](C)n1c(C)cc(C(=O)COC(=O)c2cc(C(C)=O)c[nH]2)c1C. The van der Waals surface area contributed by atoms with Crippen LogP contribution in [0.1, 0.15) is 62.5 Å². The van der Waals surface area contributed by atoms with Gasteiger partial charge in [0.05, 0.1) is 12.6 Å². The van der Waals surface area contributed by atoms with Crippen molar-refractivity contribution in [2.45, 2.75) is 33.7 Å². The van der Waals surface area contributed by atoms with E-state index in [-0.39, 0.29) is 29.9 Å². The van der Waals surface area contributed by atoms with Gasteiger partial charge in [0.15, 0.2) is 12.4 Å². The van der Waals surface area contributed by atoms with Gasteiger partial charge in [-0.25, -0.2) is 4.79 Å². The Hall–Kier alpha value is -2.67. The number of hydrogen-bond donors (Lipinski definition) is 1. The normalized spacial score (nSPS) is 12.0. The third-order valence-electron chi connectivity index (χ3n) is 4.28. The minimum atomic E-state index is -0.674. The van der Waals surface area contributed by atoms with Crippen LogP contribution >= 0.6 is 0 Å². The molecule has 0 spiro atoms. The fourth-order valence-electron chi connectivity index (χ4n) is 3.06. The number of nitrogens with one attached hydrogen (secondary N) is 1. The molecule has 0 aliphatic carbocycles. The smallest absolute Gasteiger partial charge is 0.355 e. The van der Waals surface area contributed by atoms with E-state index >= 15 is 0 Å². The van der Waals surface area contributed by atoms with E-state index < -0.39 is 5.97 Å². The van der Waals surface area contributed by atoms with Crippen molar-refractivity contribution in [2.75, 3.05) is 20.3 Å². The number of nitrogens with zero attached hydrogens (tertiary/aromatic N) is 1. The van der Waals surface area contributed by atoms with Gasteiger partial charge >= 0.3 is 5.97 Å². The lowest BCUT2D eigenvalue weighted by Crippen LogP contribution is -2.17. The number of rotatable bonds is 8. The molecule has 26 heavy (non-hydrogen) atoms. The van der Waals surface area contributed by atoms with E-state index in [4.69, 9.17) is 9.47 Å². The van der Waals surface area contributed by atoms with E-state index in [1.807, 2.05) is 25.3 Å². The zero-order chi connectivity index (χ0) is 19.4. The predicted octanol–water partition coefficient (Wildman–Crippen LogP) is 2.88. The second-order valence-corrected chi connectivity index (χ2v) is 6.32. The highest BCUT2D eigenvalue weighted by Crippen LogP contribution is 2.21. The summed E-state index contributed by atoms with van der Waals surface area (Å²) in [6, 6.07) is 3.29. The summed E-state index contributed by atoms with van der Waals surface area (Å²) in [5, 5.41) is 0. The summed E-state index contributed by atoms with van der Waals surface area (Å²) in [5.41, 5.74) is 2.80. The molecular weight excluding hydrogens is 336 g/mol. The molecule has 0 amide bonds. The van der Waals surface area contributed by atoms with Crippen molar-refractivity contribution in [2.24, 2.45) is 0 Å². The Balaban J connectivity index is 2.07. The van der Waals surface area contributed by atoms with Crippen molar-refractivity contribution in [3.8, 4) is 0 Å². The monoisotopic (exact) mass is 360 g/mol. The summed E-state index contributed by atoms with van der Waals surface area (Å²) in [4.78, 5) is 38.5. The van der Waals surface area contributed by atoms with Crippen LogP contribution in [0, 0.1) is 13.8 Å². The number of H-pyrrole nitrogens is 1. The van der Waals surface area contributed by atoms with Crippen LogP contribution in [0.4, 0.5) is 0 Å². The van der Waals surface area contributed by atoms with Gasteiger partial charge in [-0.15, -0.1) is 0 Å². The Morgan fingerprint density at radius 1 is 1.23 bits per heavy atom. The molecule has 0 bridgehead atoms. The third-order valence-corrected chi connectivity index (χ3v) is 4.28. The van der Waals surface area contributed by atoms with Crippen molar-refractivity contribution in [1.29, 1.82) is 0 Å². The first-order valence-electron chi connectivity index (χ1n) is 8.33. The minimum Gasteiger partial charge on any atom is -0.453 e. The quantitative estimate of drug-likeness (QED) is 0.577. The maximum atomic E-state index is 12.5. The zero-order valence-corrected chi connectivity index (χ0v) is 15.7. The Bertz CT molecular complexity index is 831. The van der Waals surface area contributed by atoms with E-state index in [1.165, 1.54) is 19.2 Å². The number of ether oxygens (including phenoxy) is 2. The predicted molar refractivity (Wildman–Crippen MR) is 95.9 cm³/mol. The Morgan fingerprint density at radius 3 is 2.50 bits per heavy atom. The van der Waals surface area contributed by atoms with Crippen LogP contribution in [0.15, 0.2) is 18.3 Å². The van der Waals surface area contributed by atoms with E-state index in [0.29, 0.717) is 17.7 Å². The minimum absolute atomic E-state index is 0.0908. The lowest BCUT2D eigenvalue weighted by Gasteiger charge is -2.17. The number of carbonyl (C=O) groups excluding carboxylic acids is 3. The van der Waals surface area contributed by atoms with E-state index in [0.717, 1.165) is 11.4 Å². The van der Waals surface area contributed by atoms with E-state index in [2.05, 4.69) is 4.98 Å². The summed E-state index contributed by atoms with van der Waals surface area (Å²) in [5.74, 6) is -1.11. The molecule has 140 valence electrons. The van der Waals surface area contributed by atoms with Crippen molar-refractivity contribution in [1.82, 2.24) is 9.55 Å². The molecule has 0 fully saturated rings. The molecule has 7 nitrogen and oxygen atoms in total. The number of aryl methyl sites for hydroxylation is 1. The van der Waals surface area contributed by atoms with Gasteiger partial charge in [-0.3, -0.25) is 9.59 Å². The van der Waals surface area contributed by atoms with Gasteiger partial charge in [0.25, 0.3) is 0 Å². The second-order valence-electron chi connectivity index (χ2n) is 6.32. The molecule has 1 atom stereocenters. The largest absolute Gasteiger partial charge is 0.453 e. The van der Waals surface area contributed by atoms with Crippen LogP contribution < -0.4 is 0 Å². The number of methoxy groups -OCH3 is 1. The summed E-state index contributed by atoms with van der Waals surface area (Å²) in [6.45, 7) is 7.36. The fourth-order valence-corrected chi connectivity index (χ4v) is 3.06. The average Bonchev–Trinajstić information content (AvgIpc) is 3.18. The molecule has 2 heterocycles. The summed E-state index contributed by atoms with van der Waals surface area (Å²) < 4.78 is 12.3. The van der Waals surface area contributed by atoms with Crippen LogP contribution in [-0.2, 0) is 9.47 Å². The highest BCUT2D eigenvalue weighted by Gasteiger charge is 2.20. The lowest BCUT2D eigenvalue weighted by atomic mass is 10.1. The van der Waals surface area contributed by atoms with Crippen LogP contribution in [0.5, 0.6) is 0 Å². The lowest BCUT2D eigenvalue weighted by molar-refractivity contribution is 0.0469. The molecule has 1 N–H and O–H groups in total. The van der Waals surface area contributed by atoms with Gasteiger partial charge in [-0.05, 0) is 39.8 Å². The van der Waals surface area contributed by atoms with Gasteiger partial charge in [-0.1, -0.05) is 0 Å². The van der Waals surface area contributed by atoms with Gasteiger partial charge in [0.1, 0.15) is 5.69 Å². The molecule has 0 saturated carbocycles. The van der Waals surface area contributed by atoms with Gasteiger partial charge in [0, 0.05) is 35.8 Å². The molecule has 0 aliphatic rings. The van der Waals surface area contributed by atoms with Crippen molar-refractivity contribution in [3.63, 3.8) is 0 Å². The van der Waals surface area contributed by atoms with Gasteiger partial charge in [0.2, 0.25) is 5.78 Å². The highest BCUT2D eigenvalue weighted by molar-refractivity contribution is 6.01. The molecule has 0 aliphatic heterocycles. The van der Waals surface area contributed by atoms with Crippen LogP contribution in [0.2, 0.25) is 0 Å². The van der Waals surface area contributed by atoms with Crippen molar-refractivity contribution < 1.29 is 23.9 Å². The topological polar surface area (TPSA) is 90.4 Å². The van der Waals surface area contributed by atoms with Crippen LogP contribution in [0.25, 0.3) is 0 Å². The molecule has 2 aromatic rings. The molecular formula is C19H24N2O5. The maximum absolute atomic E-state index is 12.5. The first-order chi connectivity index (χ1) is 12.3. The average molecular weight is 360 g/mol. The number of aromatic amines is 1. The second kappa shape index (κ2) is 8.14. The Morgan fingerprint density at radius 2 is 1.92 bits per heavy atom. The first kappa shape index (κ1) is 19.7. The van der Waals surface area contributed by atoms with E-state index in [9.17, 15) is 14.4 Å². The molecule has 0 unspecified atom stereocenters. The molecule has 2 rings (SSSR count). The molecule has 0 radical (unpaired) electrons. The Kier molecular flexibility index (Phi) is 6.15. The van der Waals surface area contributed by atoms with Crippen molar-refractivity contribution in [3.05, 3.63) is 46.5 Å². The first-order valence-corrected chi connectivity index (χ1v) is 8.33. The molecule has 7 heteroatoms. The van der Waals surface area contributed by atoms with Gasteiger partial charge < -0.3 is 19.0 Å². The number of Topliss-reactive ketones (excluding diaryl/α,β-unsaturated/α-hetero) is 2. The Labute approximate surface area is 152 Å². The number of aromatic nitrogens is 2.